The predicted molar refractivity (Wildman–Crippen MR) is 80.7 cm³/mol. The topological polar surface area (TPSA) is 58.6 Å². The van der Waals surface area contributed by atoms with Crippen molar-refractivity contribution >= 4 is 11.8 Å². The lowest BCUT2D eigenvalue weighted by molar-refractivity contribution is -0.157. The number of rotatable bonds is 5. The number of nitrogens with zero attached hydrogens (tertiary/aromatic N) is 1. The average molecular weight is 296 g/mol. The van der Waals surface area contributed by atoms with Crippen LogP contribution in [-0.4, -0.2) is 48.1 Å². The second-order valence-corrected chi connectivity index (χ2v) is 6.69. The maximum Gasteiger partial charge on any atom is 0.248 e. The van der Waals surface area contributed by atoms with Crippen LogP contribution in [0.3, 0.4) is 0 Å². The summed E-state index contributed by atoms with van der Waals surface area (Å²) < 4.78 is 5.42. The minimum absolute atomic E-state index is 0.00721. The number of amides is 2. The predicted octanol–water partition coefficient (Wildman–Crippen LogP) is 1.56. The van der Waals surface area contributed by atoms with E-state index < -0.39 is 5.54 Å². The third-order valence-corrected chi connectivity index (χ3v) is 5.11. The highest BCUT2D eigenvalue weighted by Crippen LogP contribution is 2.28. The molecule has 4 atom stereocenters. The van der Waals surface area contributed by atoms with Crippen molar-refractivity contribution in [3.63, 3.8) is 0 Å². The first-order valence-corrected chi connectivity index (χ1v) is 8.13. The molecule has 2 amide bonds. The first-order valence-electron chi connectivity index (χ1n) is 8.13. The van der Waals surface area contributed by atoms with Crippen LogP contribution < -0.4 is 5.32 Å². The standard InChI is InChI=1S/C16H28N2O3/c1-5-11(3)13-14(19)17-16(4,6-2)15(20)18(13)9-12-7-8-21-10-12/h11-13H,5-10H2,1-4H3,(H,17,19). The second kappa shape index (κ2) is 6.34. The van der Waals surface area contributed by atoms with Gasteiger partial charge in [0.15, 0.2) is 0 Å². The van der Waals surface area contributed by atoms with Crippen molar-refractivity contribution in [2.24, 2.45) is 11.8 Å². The lowest BCUT2D eigenvalue weighted by Gasteiger charge is -2.46. The Labute approximate surface area is 127 Å². The van der Waals surface area contributed by atoms with E-state index in [0.717, 1.165) is 19.4 Å². The molecule has 0 radical (unpaired) electrons. The van der Waals surface area contributed by atoms with E-state index in [9.17, 15) is 9.59 Å². The first kappa shape index (κ1) is 16.3. The Bertz CT molecular complexity index is 406. The third kappa shape index (κ3) is 3.07. The number of carbonyl (C=O) groups is 2. The number of nitrogens with one attached hydrogen (secondary N) is 1. The highest BCUT2D eigenvalue weighted by Gasteiger charge is 2.48. The number of hydrogen-bond acceptors (Lipinski definition) is 3. The van der Waals surface area contributed by atoms with Crippen LogP contribution in [0.5, 0.6) is 0 Å². The normalized spacial score (nSPS) is 35.0. The summed E-state index contributed by atoms with van der Waals surface area (Å²) in [6, 6.07) is -0.345. The maximum atomic E-state index is 12.9. The van der Waals surface area contributed by atoms with Crippen LogP contribution in [0.2, 0.25) is 0 Å². The molecule has 0 saturated carbocycles. The summed E-state index contributed by atoms with van der Waals surface area (Å²) in [5.74, 6) is 0.569. The van der Waals surface area contributed by atoms with Gasteiger partial charge in [0.2, 0.25) is 11.8 Å². The van der Waals surface area contributed by atoms with Crippen molar-refractivity contribution in [1.82, 2.24) is 10.2 Å². The molecule has 0 aliphatic carbocycles. The molecule has 21 heavy (non-hydrogen) atoms. The third-order valence-electron chi connectivity index (χ3n) is 5.11. The zero-order valence-electron chi connectivity index (χ0n) is 13.6. The zero-order chi connectivity index (χ0) is 15.6. The number of carbonyl (C=O) groups excluding carboxylic acids is 2. The fraction of sp³-hybridized carbons (Fsp3) is 0.875. The van der Waals surface area contributed by atoms with Gasteiger partial charge in [-0.05, 0) is 25.7 Å². The molecule has 0 aromatic heterocycles. The van der Waals surface area contributed by atoms with Crippen LogP contribution in [0.4, 0.5) is 0 Å². The molecular weight excluding hydrogens is 268 g/mol. The highest BCUT2D eigenvalue weighted by atomic mass is 16.5. The SMILES string of the molecule is CCC(C)C1C(=O)NC(C)(CC)C(=O)N1CC1CCOC1. The molecule has 2 rings (SSSR count). The van der Waals surface area contributed by atoms with Gasteiger partial charge in [0, 0.05) is 19.1 Å². The van der Waals surface area contributed by atoms with Gasteiger partial charge in [-0.15, -0.1) is 0 Å². The van der Waals surface area contributed by atoms with Crippen LogP contribution in [0.25, 0.3) is 0 Å². The van der Waals surface area contributed by atoms with Crippen LogP contribution in [-0.2, 0) is 14.3 Å². The van der Waals surface area contributed by atoms with Gasteiger partial charge >= 0.3 is 0 Å². The van der Waals surface area contributed by atoms with Gasteiger partial charge in [-0.1, -0.05) is 27.2 Å². The lowest BCUT2D eigenvalue weighted by atomic mass is 9.86. The Hall–Kier alpha value is -1.10. The lowest BCUT2D eigenvalue weighted by Crippen LogP contribution is -2.70. The summed E-state index contributed by atoms with van der Waals surface area (Å²) in [4.78, 5) is 27.3. The second-order valence-electron chi connectivity index (χ2n) is 6.69. The van der Waals surface area contributed by atoms with Crippen molar-refractivity contribution in [2.75, 3.05) is 19.8 Å². The number of ether oxygens (including phenoxy) is 1. The Balaban J connectivity index is 2.25. The van der Waals surface area contributed by atoms with Gasteiger partial charge in [-0.2, -0.15) is 0 Å². The molecule has 2 fully saturated rings. The molecule has 2 heterocycles. The summed E-state index contributed by atoms with van der Waals surface area (Å²) in [5, 5.41) is 2.95. The van der Waals surface area contributed by atoms with E-state index in [2.05, 4.69) is 12.2 Å². The molecule has 0 bridgehead atoms. The van der Waals surface area contributed by atoms with E-state index >= 15 is 0 Å². The van der Waals surface area contributed by atoms with Crippen molar-refractivity contribution in [3.8, 4) is 0 Å². The maximum absolute atomic E-state index is 12.9. The highest BCUT2D eigenvalue weighted by molar-refractivity contribution is 5.99. The van der Waals surface area contributed by atoms with E-state index in [0.29, 0.717) is 25.5 Å². The Morgan fingerprint density at radius 3 is 2.67 bits per heavy atom. The molecule has 2 aliphatic rings. The minimum Gasteiger partial charge on any atom is -0.381 e. The zero-order valence-corrected chi connectivity index (χ0v) is 13.6. The Morgan fingerprint density at radius 2 is 2.14 bits per heavy atom. The monoisotopic (exact) mass is 296 g/mol. The average Bonchev–Trinajstić information content (AvgIpc) is 2.97. The van der Waals surface area contributed by atoms with E-state index in [1.165, 1.54) is 0 Å². The summed E-state index contributed by atoms with van der Waals surface area (Å²) in [5.41, 5.74) is -0.763. The molecule has 2 saturated heterocycles. The van der Waals surface area contributed by atoms with Crippen LogP contribution in [0.1, 0.15) is 47.0 Å². The molecule has 1 N–H and O–H groups in total. The Morgan fingerprint density at radius 1 is 1.43 bits per heavy atom. The number of hydrogen-bond donors (Lipinski definition) is 1. The summed E-state index contributed by atoms with van der Waals surface area (Å²) in [6.45, 7) is 9.98. The fourth-order valence-electron chi connectivity index (χ4n) is 3.21. The van der Waals surface area contributed by atoms with Crippen molar-refractivity contribution in [3.05, 3.63) is 0 Å². The largest absolute Gasteiger partial charge is 0.381 e. The fourth-order valence-corrected chi connectivity index (χ4v) is 3.21. The summed E-state index contributed by atoms with van der Waals surface area (Å²) in [7, 11) is 0. The van der Waals surface area contributed by atoms with Gasteiger partial charge in [0.1, 0.15) is 11.6 Å². The quantitative estimate of drug-likeness (QED) is 0.837. The molecule has 0 spiro atoms. The summed E-state index contributed by atoms with van der Waals surface area (Å²) >= 11 is 0. The van der Waals surface area contributed by atoms with E-state index in [4.69, 9.17) is 4.74 Å². The van der Waals surface area contributed by atoms with Gasteiger partial charge in [-0.3, -0.25) is 9.59 Å². The molecule has 5 nitrogen and oxygen atoms in total. The van der Waals surface area contributed by atoms with Gasteiger partial charge in [0.05, 0.1) is 6.61 Å². The van der Waals surface area contributed by atoms with E-state index in [1.54, 1.807) is 0 Å². The van der Waals surface area contributed by atoms with Crippen molar-refractivity contribution in [2.45, 2.75) is 58.5 Å². The smallest absolute Gasteiger partial charge is 0.248 e. The number of piperazine rings is 1. The molecule has 0 aromatic rings. The van der Waals surface area contributed by atoms with Crippen molar-refractivity contribution in [1.29, 1.82) is 0 Å². The van der Waals surface area contributed by atoms with Crippen LogP contribution in [0, 0.1) is 11.8 Å². The molecule has 0 aromatic carbocycles. The van der Waals surface area contributed by atoms with Gasteiger partial charge < -0.3 is 15.0 Å². The van der Waals surface area contributed by atoms with Crippen LogP contribution in [0.15, 0.2) is 0 Å². The minimum atomic E-state index is -0.763. The van der Waals surface area contributed by atoms with Crippen molar-refractivity contribution < 1.29 is 14.3 Å². The van der Waals surface area contributed by atoms with Crippen LogP contribution >= 0.6 is 0 Å². The van der Waals surface area contributed by atoms with Gasteiger partial charge in [-0.25, -0.2) is 0 Å². The summed E-state index contributed by atoms with van der Waals surface area (Å²) in [6.07, 6.45) is 2.47. The molecule has 2 aliphatic heterocycles. The molecular formula is C16H28N2O3. The molecule has 4 unspecified atom stereocenters. The molecule has 5 heteroatoms. The van der Waals surface area contributed by atoms with E-state index in [1.807, 2.05) is 25.7 Å². The van der Waals surface area contributed by atoms with E-state index in [-0.39, 0.29) is 23.8 Å². The Kier molecular flexibility index (Phi) is 4.91. The van der Waals surface area contributed by atoms with Gasteiger partial charge in [0.25, 0.3) is 0 Å². The molecule has 120 valence electrons. The first-order chi connectivity index (χ1) is 9.92.